The van der Waals surface area contributed by atoms with Gasteiger partial charge in [-0.3, -0.25) is 0 Å². The maximum absolute atomic E-state index is 6.18. The normalized spacial score (nSPS) is 13.8. The smallest absolute Gasteiger partial charge is 0.170 e. The summed E-state index contributed by atoms with van der Waals surface area (Å²) in [4.78, 5) is 0. The second kappa shape index (κ2) is 12.0. The van der Waals surface area contributed by atoms with Crippen LogP contribution in [-0.4, -0.2) is 51.5 Å². The number of likely N-dealkylation sites (N-methyl/N-ethyl adjacent to an activating group) is 1. The molecule has 4 heteroatoms. The second-order valence-electron chi connectivity index (χ2n) is 11.1. The average Bonchev–Trinajstić information content (AvgIpc) is 2.85. The molecule has 0 aromatic heterocycles. The fourth-order valence-electron chi connectivity index (χ4n) is 5.00. The van der Waals surface area contributed by atoms with Crippen LogP contribution in [0.5, 0.6) is 0 Å². The van der Waals surface area contributed by atoms with Gasteiger partial charge in [0.1, 0.15) is 13.2 Å². The topological polar surface area (TPSA) is 18.5 Å². The van der Waals surface area contributed by atoms with Gasteiger partial charge < -0.3 is 13.5 Å². The van der Waals surface area contributed by atoms with E-state index in [1.165, 1.54) is 49.7 Å². The number of rotatable bonds is 11. The van der Waals surface area contributed by atoms with Gasteiger partial charge in [0.05, 0.1) is 27.7 Å². The fraction of sp³-hybridized carbons (Fsp3) is 0.394. The molecule has 0 bridgehead atoms. The molecule has 0 saturated carbocycles. The number of quaternary nitrogens is 1. The van der Waals surface area contributed by atoms with Crippen LogP contribution in [0.15, 0.2) is 54.6 Å². The van der Waals surface area contributed by atoms with Crippen LogP contribution < -0.4 is 10.4 Å². The monoisotopic (exact) mass is 516 g/mol. The Balaban J connectivity index is 1.56. The molecule has 3 aromatic rings. The van der Waals surface area contributed by atoms with Crippen molar-refractivity contribution in [3.8, 4) is 0 Å². The first kappa shape index (κ1) is 27.7. The lowest BCUT2D eigenvalue weighted by molar-refractivity contribution is -0.870. The van der Waals surface area contributed by atoms with Crippen molar-refractivity contribution in [2.45, 2.75) is 40.0 Å². The minimum absolute atomic E-state index is 0.691. The standard InChI is InChI=1S/C33H43NO2P/c1-8-26-11-14-30(25(4)21-26)33-31-13-10-24(3)20-28(31)23-29-22-27(12-15-32(29)33)16-18-35-37(9-2)36-19-17-34(5,6)7/h10-15,20-22H,3,8-9,16-19,23H2,1-2,4-7H3/q+1. The zero-order chi connectivity index (χ0) is 26.6. The SMILES string of the molecule is C=c1ccc2c(c1)Cc1cc(CCOP(CC)OCC[N+](C)(C)C)ccc1C=2c1ccc(CC)cc1C. The summed E-state index contributed by atoms with van der Waals surface area (Å²) in [5.74, 6) is 0. The molecule has 196 valence electrons. The molecule has 3 nitrogen and oxygen atoms in total. The molecule has 0 heterocycles. The van der Waals surface area contributed by atoms with Crippen molar-refractivity contribution < 1.29 is 13.5 Å². The molecule has 0 saturated heterocycles. The highest BCUT2D eigenvalue weighted by atomic mass is 31.2. The first-order chi connectivity index (χ1) is 17.7. The second-order valence-corrected chi connectivity index (χ2v) is 12.9. The maximum Gasteiger partial charge on any atom is 0.170 e. The Morgan fingerprint density at radius 3 is 2.27 bits per heavy atom. The Morgan fingerprint density at radius 1 is 0.838 bits per heavy atom. The Labute approximate surface area is 225 Å². The van der Waals surface area contributed by atoms with Crippen molar-refractivity contribution in [2.75, 3.05) is 47.1 Å². The first-order valence-electron chi connectivity index (χ1n) is 13.6. The van der Waals surface area contributed by atoms with E-state index in [0.717, 1.165) is 48.3 Å². The zero-order valence-corrected chi connectivity index (χ0v) is 24.5. The molecule has 0 amide bonds. The highest BCUT2D eigenvalue weighted by molar-refractivity contribution is 7.47. The fourth-order valence-corrected chi connectivity index (χ4v) is 6.02. The zero-order valence-electron chi connectivity index (χ0n) is 23.6. The van der Waals surface area contributed by atoms with E-state index in [4.69, 9.17) is 9.05 Å². The molecule has 1 atom stereocenters. The number of hydrogen-bond acceptors (Lipinski definition) is 2. The lowest BCUT2D eigenvalue weighted by Gasteiger charge is -2.25. The number of fused-ring (bicyclic) bond motifs is 2. The van der Waals surface area contributed by atoms with Crippen molar-refractivity contribution in [2.24, 2.45) is 0 Å². The van der Waals surface area contributed by atoms with E-state index in [9.17, 15) is 0 Å². The first-order valence-corrected chi connectivity index (χ1v) is 14.9. The highest BCUT2D eigenvalue weighted by Gasteiger charge is 2.20. The minimum Gasteiger partial charge on any atom is -0.334 e. The Kier molecular flexibility index (Phi) is 9.03. The Hall–Kier alpha value is -2.29. The van der Waals surface area contributed by atoms with E-state index in [0.29, 0.717) is 6.61 Å². The molecule has 1 aliphatic carbocycles. The van der Waals surface area contributed by atoms with Gasteiger partial charge in [-0.1, -0.05) is 75.0 Å². The van der Waals surface area contributed by atoms with E-state index >= 15 is 0 Å². The van der Waals surface area contributed by atoms with Crippen LogP contribution in [0.1, 0.15) is 52.8 Å². The van der Waals surface area contributed by atoms with E-state index in [1.807, 2.05) is 0 Å². The van der Waals surface area contributed by atoms with Crippen molar-refractivity contribution in [1.29, 1.82) is 0 Å². The van der Waals surface area contributed by atoms with Crippen molar-refractivity contribution in [1.82, 2.24) is 0 Å². The number of aryl methyl sites for hydroxylation is 2. The summed E-state index contributed by atoms with van der Waals surface area (Å²) < 4.78 is 13.1. The molecule has 0 radical (unpaired) electrons. The summed E-state index contributed by atoms with van der Waals surface area (Å²) in [5, 5.41) is 2.41. The third kappa shape index (κ3) is 6.98. The van der Waals surface area contributed by atoms with Gasteiger partial charge in [0.2, 0.25) is 0 Å². The third-order valence-electron chi connectivity index (χ3n) is 7.11. The summed E-state index contributed by atoms with van der Waals surface area (Å²) in [5.41, 5.74) is 10.8. The molecule has 37 heavy (non-hydrogen) atoms. The summed E-state index contributed by atoms with van der Waals surface area (Å²) >= 11 is 0. The van der Waals surface area contributed by atoms with Crippen molar-refractivity contribution in [3.63, 3.8) is 0 Å². The lowest BCUT2D eigenvalue weighted by atomic mass is 9.81. The maximum atomic E-state index is 6.18. The number of nitrogens with zero attached hydrogens (tertiary/aromatic N) is 1. The van der Waals surface area contributed by atoms with Crippen LogP contribution in [0.2, 0.25) is 0 Å². The van der Waals surface area contributed by atoms with Gasteiger partial charge in [0.25, 0.3) is 0 Å². The molecule has 0 N–H and O–H groups in total. The summed E-state index contributed by atoms with van der Waals surface area (Å²) in [6.07, 6.45) is 3.82. The van der Waals surface area contributed by atoms with Gasteiger partial charge in [0, 0.05) is 6.16 Å². The molecule has 1 unspecified atom stereocenters. The van der Waals surface area contributed by atoms with Crippen LogP contribution in [0.4, 0.5) is 0 Å². The molecule has 0 fully saturated rings. The van der Waals surface area contributed by atoms with Gasteiger partial charge in [-0.05, 0) is 81.1 Å². The van der Waals surface area contributed by atoms with E-state index in [1.54, 1.807) is 0 Å². The predicted octanol–water partition coefficient (Wildman–Crippen LogP) is 5.73. The van der Waals surface area contributed by atoms with Gasteiger partial charge in [-0.2, -0.15) is 0 Å². The van der Waals surface area contributed by atoms with E-state index < -0.39 is 8.38 Å². The predicted molar refractivity (Wildman–Crippen MR) is 159 cm³/mol. The van der Waals surface area contributed by atoms with Gasteiger partial charge in [-0.25, -0.2) is 0 Å². The number of benzene rings is 3. The summed E-state index contributed by atoms with van der Waals surface area (Å²) in [7, 11) is 5.75. The van der Waals surface area contributed by atoms with E-state index in [-0.39, 0.29) is 0 Å². The molecule has 0 aliphatic heterocycles. The lowest BCUT2D eigenvalue weighted by Crippen LogP contribution is -2.37. The largest absolute Gasteiger partial charge is 0.334 e. The van der Waals surface area contributed by atoms with Crippen LogP contribution in [-0.2, 0) is 28.3 Å². The third-order valence-corrected chi connectivity index (χ3v) is 8.57. The van der Waals surface area contributed by atoms with E-state index in [2.05, 4.69) is 103 Å². The quantitative estimate of drug-likeness (QED) is 0.187. The van der Waals surface area contributed by atoms with Crippen LogP contribution in [0.25, 0.3) is 12.2 Å². The van der Waals surface area contributed by atoms with Crippen molar-refractivity contribution in [3.05, 3.63) is 104 Å². The van der Waals surface area contributed by atoms with Gasteiger partial charge in [-0.15, -0.1) is 0 Å². The number of hydrogen-bond donors (Lipinski definition) is 0. The Morgan fingerprint density at radius 2 is 1.57 bits per heavy atom. The minimum atomic E-state index is -0.822. The molecule has 1 aliphatic rings. The molecular weight excluding hydrogens is 473 g/mol. The molecule has 3 aromatic carbocycles. The molecule has 0 spiro atoms. The van der Waals surface area contributed by atoms with Crippen LogP contribution in [0, 0.1) is 6.92 Å². The summed E-state index contributed by atoms with van der Waals surface area (Å²) in [6.45, 7) is 13.2. The summed E-state index contributed by atoms with van der Waals surface area (Å²) in [6, 6.07) is 20.6. The van der Waals surface area contributed by atoms with Gasteiger partial charge in [0.15, 0.2) is 8.38 Å². The van der Waals surface area contributed by atoms with Crippen LogP contribution >= 0.6 is 8.38 Å². The van der Waals surface area contributed by atoms with Crippen LogP contribution in [0.3, 0.4) is 0 Å². The molecular formula is C33H43NO2P+. The van der Waals surface area contributed by atoms with Gasteiger partial charge >= 0.3 is 0 Å². The average molecular weight is 517 g/mol. The Bertz CT molecular complexity index is 1360. The highest BCUT2D eigenvalue weighted by Crippen LogP contribution is 2.38. The molecule has 4 rings (SSSR count). The van der Waals surface area contributed by atoms with Crippen molar-refractivity contribution >= 4 is 20.5 Å².